The van der Waals surface area contributed by atoms with E-state index >= 15 is 0 Å². The first-order valence-electron chi connectivity index (χ1n) is 7.39. The van der Waals surface area contributed by atoms with Crippen molar-refractivity contribution in [1.29, 1.82) is 0 Å². The standard InChI is InChI=1S/C16H19N5O/c1-3-21-11-12(13-5-4-8-17-15(13)21)6-9-18-16(22)14-7-10-19-20(14)2/h4-5,7-8,10-11H,3,6,9H2,1-2H3,(H,18,22). The molecule has 3 aromatic rings. The highest BCUT2D eigenvalue weighted by Crippen LogP contribution is 2.19. The van der Waals surface area contributed by atoms with Crippen LogP contribution in [0.3, 0.4) is 0 Å². The first kappa shape index (κ1) is 14.3. The lowest BCUT2D eigenvalue weighted by Gasteiger charge is -2.04. The van der Waals surface area contributed by atoms with Gasteiger partial charge in [0.05, 0.1) is 0 Å². The lowest BCUT2D eigenvalue weighted by molar-refractivity contribution is 0.0945. The summed E-state index contributed by atoms with van der Waals surface area (Å²) in [5.41, 5.74) is 2.77. The number of rotatable bonds is 5. The number of carbonyl (C=O) groups excluding carboxylic acids is 1. The molecule has 6 nitrogen and oxygen atoms in total. The Bertz CT molecular complexity index is 802. The Morgan fingerprint density at radius 3 is 2.91 bits per heavy atom. The summed E-state index contributed by atoms with van der Waals surface area (Å²) in [4.78, 5) is 16.5. The third-order valence-electron chi connectivity index (χ3n) is 3.79. The van der Waals surface area contributed by atoms with Crippen LogP contribution in [0.15, 0.2) is 36.8 Å². The van der Waals surface area contributed by atoms with Gasteiger partial charge in [0.1, 0.15) is 11.3 Å². The normalized spacial score (nSPS) is 11.0. The van der Waals surface area contributed by atoms with Crippen LogP contribution in [0.2, 0.25) is 0 Å². The number of aryl methyl sites for hydroxylation is 2. The van der Waals surface area contributed by atoms with E-state index in [0.29, 0.717) is 12.2 Å². The predicted molar refractivity (Wildman–Crippen MR) is 84.7 cm³/mol. The Hall–Kier alpha value is -2.63. The third-order valence-corrected chi connectivity index (χ3v) is 3.79. The molecule has 0 aromatic carbocycles. The molecule has 0 aliphatic heterocycles. The van der Waals surface area contributed by atoms with Crippen LogP contribution in [0.25, 0.3) is 11.0 Å². The van der Waals surface area contributed by atoms with Crippen molar-refractivity contribution in [3.8, 4) is 0 Å². The number of pyridine rings is 1. The molecular formula is C16H19N5O. The molecule has 0 saturated carbocycles. The van der Waals surface area contributed by atoms with E-state index in [2.05, 4.69) is 39.2 Å². The van der Waals surface area contributed by atoms with Crippen LogP contribution in [-0.2, 0) is 20.0 Å². The van der Waals surface area contributed by atoms with Crippen LogP contribution in [0, 0.1) is 0 Å². The Balaban J connectivity index is 1.70. The van der Waals surface area contributed by atoms with E-state index in [9.17, 15) is 4.79 Å². The molecule has 0 aliphatic rings. The lowest BCUT2D eigenvalue weighted by atomic mass is 10.1. The molecule has 3 rings (SSSR count). The number of hydrogen-bond acceptors (Lipinski definition) is 3. The predicted octanol–water partition coefficient (Wildman–Crippen LogP) is 1.76. The molecule has 6 heteroatoms. The van der Waals surface area contributed by atoms with E-state index in [1.807, 2.05) is 12.3 Å². The topological polar surface area (TPSA) is 64.7 Å². The first-order valence-corrected chi connectivity index (χ1v) is 7.39. The van der Waals surface area contributed by atoms with E-state index in [4.69, 9.17) is 0 Å². The molecule has 0 radical (unpaired) electrons. The monoisotopic (exact) mass is 297 g/mol. The number of amides is 1. The van der Waals surface area contributed by atoms with Crippen molar-refractivity contribution >= 4 is 16.9 Å². The molecule has 1 amide bonds. The molecule has 22 heavy (non-hydrogen) atoms. The number of nitrogens with zero attached hydrogens (tertiary/aromatic N) is 4. The summed E-state index contributed by atoms with van der Waals surface area (Å²) in [5, 5.41) is 8.09. The highest BCUT2D eigenvalue weighted by Gasteiger charge is 2.11. The van der Waals surface area contributed by atoms with E-state index < -0.39 is 0 Å². The van der Waals surface area contributed by atoms with Crippen LogP contribution >= 0.6 is 0 Å². The van der Waals surface area contributed by atoms with Crippen molar-refractivity contribution in [3.63, 3.8) is 0 Å². The highest BCUT2D eigenvalue weighted by molar-refractivity contribution is 5.92. The summed E-state index contributed by atoms with van der Waals surface area (Å²) in [5.74, 6) is -0.0997. The minimum atomic E-state index is -0.0997. The average molecular weight is 297 g/mol. The summed E-state index contributed by atoms with van der Waals surface area (Å²) >= 11 is 0. The summed E-state index contributed by atoms with van der Waals surface area (Å²) < 4.78 is 3.70. The molecule has 0 fully saturated rings. The Labute approximate surface area is 128 Å². The first-order chi connectivity index (χ1) is 10.7. The SMILES string of the molecule is CCn1cc(CCNC(=O)c2ccnn2C)c2cccnc21. The van der Waals surface area contributed by atoms with Gasteiger partial charge in [-0.15, -0.1) is 0 Å². The van der Waals surface area contributed by atoms with Crippen molar-refractivity contribution in [2.75, 3.05) is 6.54 Å². The van der Waals surface area contributed by atoms with Gasteiger partial charge in [0.15, 0.2) is 0 Å². The molecular weight excluding hydrogens is 278 g/mol. The summed E-state index contributed by atoms with van der Waals surface area (Å²) in [6, 6.07) is 5.73. The van der Waals surface area contributed by atoms with E-state index in [1.165, 1.54) is 5.56 Å². The van der Waals surface area contributed by atoms with Gasteiger partial charge in [0.2, 0.25) is 0 Å². The largest absolute Gasteiger partial charge is 0.350 e. The van der Waals surface area contributed by atoms with Gasteiger partial charge in [-0.2, -0.15) is 5.10 Å². The zero-order valence-electron chi connectivity index (χ0n) is 12.8. The van der Waals surface area contributed by atoms with Crippen LogP contribution in [0.4, 0.5) is 0 Å². The molecule has 0 aliphatic carbocycles. The average Bonchev–Trinajstić information content (AvgIpc) is 3.11. The number of fused-ring (bicyclic) bond motifs is 1. The summed E-state index contributed by atoms with van der Waals surface area (Å²) in [6.45, 7) is 3.57. The van der Waals surface area contributed by atoms with Crippen molar-refractivity contribution in [3.05, 3.63) is 48.0 Å². The van der Waals surface area contributed by atoms with Gasteiger partial charge in [-0.1, -0.05) is 0 Å². The minimum Gasteiger partial charge on any atom is -0.350 e. The van der Waals surface area contributed by atoms with Gasteiger partial charge in [-0.25, -0.2) is 4.98 Å². The van der Waals surface area contributed by atoms with Crippen molar-refractivity contribution < 1.29 is 4.79 Å². The molecule has 0 saturated heterocycles. The molecule has 0 unspecified atom stereocenters. The van der Waals surface area contributed by atoms with Gasteiger partial charge in [-0.3, -0.25) is 9.48 Å². The second-order valence-corrected chi connectivity index (χ2v) is 5.16. The fourth-order valence-electron chi connectivity index (χ4n) is 2.63. The van der Waals surface area contributed by atoms with Crippen molar-refractivity contribution in [1.82, 2.24) is 24.6 Å². The highest BCUT2D eigenvalue weighted by atomic mass is 16.2. The maximum absolute atomic E-state index is 12.1. The van der Waals surface area contributed by atoms with E-state index in [-0.39, 0.29) is 5.91 Å². The van der Waals surface area contributed by atoms with Gasteiger partial charge >= 0.3 is 0 Å². The molecule has 1 N–H and O–H groups in total. The number of aromatic nitrogens is 4. The fraction of sp³-hybridized carbons (Fsp3) is 0.312. The molecule has 0 atom stereocenters. The third kappa shape index (κ3) is 2.59. The molecule has 114 valence electrons. The second-order valence-electron chi connectivity index (χ2n) is 5.16. The lowest BCUT2D eigenvalue weighted by Crippen LogP contribution is -2.27. The number of carbonyl (C=O) groups is 1. The molecule has 3 heterocycles. The van der Waals surface area contributed by atoms with Gasteiger partial charge in [0, 0.05) is 44.1 Å². The van der Waals surface area contributed by atoms with Gasteiger partial charge in [0.25, 0.3) is 5.91 Å². The fourth-order valence-corrected chi connectivity index (χ4v) is 2.63. The van der Waals surface area contributed by atoms with Crippen LogP contribution < -0.4 is 5.32 Å². The Morgan fingerprint density at radius 2 is 2.18 bits per heavy atom. The molecule has 0 bridgehead atoms. The van der Waals surface area contributed by atoms with Crippen LogP contribution in [0.5, 0.6) is 0 Å². The minimum absolute atomic E-state index is 0.0997. The number of hydrogen-bond donors (Lipinski definition) is 1. The maximum atomic E-state index is 12.1. The second kappa shape index (κ2) is 6.01. The molecule has 3 aromatic heterocycles. The maximum Gasteiger partial charge on any atom is 0.269 e. The van der Waals surface area contributed by atoms with E-state index in [1.54, 1.807) is 24.0 Å². The van der Waals surface area contributed by atoms with Gasteiger partial charge in [-0.05, 0) is 37.1 Å². The van der Waals surface area contributed by atoms with Crippen LogP contribution in [0.1, 0.15) is 23.0 Å². The van der Waals surface area contributed by atoms with Gasteiger partial charge < -0.3 is 9.88 Å². The van der Waals surface area contributed by atoms with E-state index in [0.717, 1.165) is 24.0 Å². The Morgan fingerprint density at radius 1 is 1.32 bits per heavy atom. The van der Waals surface area contributed by atoms with Crippen molar-refractivity contribution in [2.24, 2.45) is 7.05 Å². The smallest absolute Gasteiger partial charge is 0.269 e. The zero-order chi connectivity index (χ0) is 15.5. The summed E-state index contributed by atoms with van der Waals surface area (Å²) in [6.07, 6.45) is 6.32. The van der Waals surface area contributed by atoms with Crippen LogP contribution in [-0.4, -0.2) is 31.8 Å². The number of nitrogens with one attached hydrogen (secondary N) is 1. The zero-order valence-corrected chi connectivity index (χ0v) is 12.8. The molecule has 0 spiro atoms. The van der Waals surface area contributed by atoms with Crippen molar-refractivity contribution in [2.45, 2.75) is 19.9 Å². The summed E-state index contributed by atoms with van der Waals surface area (Å²) in [7, 11) is 1.76. The Kier molecular flexibility index (Phi) is 3.91. The quantitative estimate of drug-likeness (QED) is 0.780.